The number of aryl methyl sites for hydroxylation is 2. The third-order valence-corrected chi connectivity index (χ3v) is 10.8. The molecule has 0 aromatic heterocycles. The monoisotopic (exact) mass is 565 g/mol. The Kier molecular flexibility index (Phi) is 9.51. The predicted octanol–water partition coefficient (Wildman–Crippen LogP) is 1.56. The summed E-state index contributed by atoms with van der Waals surface area (Å²) in [4.78, 5) is 29.2. The number of nitrogens with one attached hydrogen (secondary N) is 3. The van der Waals surface area contributed by atoms with Crippen molar-refractivity contribution in [2.24, 2.45) is 10.9 Å². The normalized spacial score (nSPS) is 21.2. The Bertz CT molecular complexity index is 1160. The Morgan fingerprint density at radius 1 is 1.21 bits per heavy atom. The summed E-state index contributed by atoms with van der Waals surface area (Å²) in [6, 6.07) is 5.36. The number of hydrogen-bond donors (Lipinski definition) is 3. The summed E-state index contributed by atoms with van der Waals surface area (Å²) in [6.45, 7) is 4.64. The van der Waals surface area contributed by atoms with E-state index in [0.29, 0.717) is 43.2 Å². The Morgan fingerprint density at radius 3 is 2.58 bits per heavy atom. The van der Waals surface area contributed by atoms with Gasteiger partial charge in [-0.25, -0.2) is 12.7 Å². The standard InChI is InChI=1S/C26H39N5O5S2/c1-19-18-23(37(34)28-14-13-27-20(2)32)9-8-21(19)10-17-38(35,36)31-15-11-26(12-16-31)25(33)29-24(30-26)22-6-4-3-5-7-22/h8-9,18,22,28H,3-7,10-17H2,1-2H3,(H,27,32)(H,29,30,33)/t37-/m0/s1. The Labute approximate surface area is 228 Å². The molecule has 1 saturated carbocycles. The summed E-state index contributed by atoms with van der Waals surface area (Å²) in [7, 11) is -3.50. The Balaban J connectivity index is 1.29. The summed E-state index contributed by atoms with van der Waals surface area (Å²) in [6.07, 6.45) is 6.83. The fraction of sp³-hybridized carbons (Fsp3) is 0.654. The second-order valence-electron chi connectivity index (χ2n) is 10.5. The molecule has 1 spiro atoms. The molecule has 0 radical (unpaired) electrons. The fourth-order valence-corrected chi connectivity index (χ4v) is 7.89. The number of carbonyl (C=O) groups is 2. The van der Waals surface area contributed by atoms with Crippen LogP contribution in [0.5, 0.6) is 0 Å². The van der Waals surface area contributed by atoms with E-state index in [0.717, 1.165) is 42.6 Å². The van der Waals surface area contributed by atoms with Gasteiger partial charge in [0.25, 0.3) is 5.91 Å². The molecule has 10 nitrogen and oxygen atoms in total. The molecular weight excluding hydrogens is 526 g/mol. The summed E-state index contributed by atoms with van der Waals surface area (Å²) >= 11 is -1.42. The van der Waals surface area contributed by atoms with E-state index in [1.807, 2.05) is 13.0 Å². The third kappa shape index (κ3) is 6.95. The van der Waals surface area contributed by atoms with Crippen molar-refractivity contribution in [3.8, 4) is 0 Å². The lowest BCUT2D eigenvalue weighted by atomic mass is 9.88. The van der Waals surface area contributed by atoms with Crippen LogP contribution in [0.1, 0.15) is 63.0 Å². The molecule has 0 unspecified atom stereocenters. The van der Waals surface area contributed by atoms with E-state index in [9.17, 15) is 22.6 Å². The van der Waals surface area contributed by atoms with Crippen molar-refractivity contribution >= 4 is 39.0 Å². The second-order valence-corrected chi connectivity index (χ2v) is 13.9. The smallest absolute Gasteiger partial charge is 0.253 e. The minimum Gasteiger partial charge on any atom is -0.593 e. The highest BCUT2D eigenvalue weighted by molar-refractivity contribution is 7.89. The van der Waals surface area contributed by atoms with E-state index >= 15 is 0 Å². The summed E-state index contributed by atoms with van der Waals surface area (Å²) in [5.74, 6) is 0.890. The Morgan fingerprint density at radius 2 is 1.92 bits per heavy atom. The van der Waals surface area contributed by atoms with E-state index in [1.165, 1.54) is 17.6 Å². The first-order valence-corrected chi connectivity index (χ1v) is 16.2. The maximum absolute atomic E-state index is 13.1. The first-order valence-electron chi connectivity index (χ1n) is 13.5. The zero-order valence-electron chi connectivity index (χ0n) is 22.3. The highest BCUT2D eigenvalue weighted by Crippen LogP contribution is 2.35. The number of nitrogens with zero attached hydrogens (tertiary/aromatic N) is 2. The van der Waals surface area contributed by atoms with E-state index < -0.39 is 26.9 Å². The topological polar surface area (TPSA) is 143 Å². The van der Waals surface area contributed by atoms with Gasteiger partial charge in [0.15, 0.2) is 4.90 Å². The molecule has 2 aliphatic heterocycles. The number of amides is 2. The summed E-state index contributed by atoms with van der Waals surface area (Å²) in [5.41, 5.74) is 0.939. The average molecular weight is 566 g/mol. The van der Waals surface area contributed by atoms with Gasteiger partial charge in [-0.05, 0) is 62.3 Å². The van der Waals surface area contributed by atoms with Gasteiger partial charge in [0, 0.05) is 32.5 Å². The summed E-state index contributed by atoms with van der Waals surface area (Å²) < 4.78 is 43.1. The highest BCUT2D eigenvalue weighted by Gasteiger charge is 2.48. The molecule has 38 heavy (non-hydrogen) atoms. The van der Waals surface area contributed by atoms with E-state index in [-0.39, 0.29) is 30.7 Å². The molecule has 0 bridgehead atoms. The molecule has 1 aromatic carbocycles. The molecule has 2 heterocycles. The third-order valence-electron chi connectivity index (χ3n) is 7.82. The van der Waals surface area contributed by atoms with Gasteiger partial charge >= 0.3 is 0 Å². The molecule has 1 aliphatic carbocycles. The van der Waals surface area contributed by atoms with Crippen LogP contribution >= 0.6 is 0 Å². The van der Waals surface area contributed by atoms with Crippen LogP contribution in [-0.4, -0.2) is 72.4 Å². The number of amidine groups is 1. The van der Waals surface area contributed by atoms with Gasteiger partial charge in [-0.1, -0.05) is 25.3 Å². The molecule has 2 fully saturated rings. The van der Waals surface area contributed by atoms with E-state index in [2.05, 4.69) is 15.4 Å². The molecule has 1 atom stereocenters. The number of carbonyl (C=O) groups excluding carboxylic acids is 2. The van der Waals surface area contributed by atoms with Crippen LogP contribution in [0.25, 0.3) is 0 Å². The maximum Gasteiger partial charge on any atom is 0.253 e. The van der Waals surface area contributed by atoms with Gasteiger partial charge in [0.1, 0.15) is 11.4 Å². The number of piperidine rings is 1. The zero-order valence-corrected chi connectivity index (χ0v) is 23.9. The van der Waals surface area contributed by atoms with Gasteiger partial charge in [-0.2, -0.15) is 0 Å². The van der Waals surface area contributed by atoms with Crippen molar-refractivity contribution < 1.29 is 22.6 Å². The molecule has 3 N–H and O–H groups in total. The second kappa shape index (κ2) is 12.5. The van der Waals surface area contributed by atoms with Crippen molar-refractivity contribution in [2.75, 3.05) is 31.9 Å². The van der Waals surface area contributed by atoms with Crippen LogP contribution in [0, 0.1) is 12.8 Å². The minimum absolute atomic E-state index is 0.0268. The predicted molar refractivity (Wildman–Crippen MR) is 147 cm³/mol. The molecule has 3 aliphatic rings. The Hall–Kier alpha value is -1.99. The van der Waals surface area contributed by atoms with Gasteiger partial charge in [-0.15, -0.1) is 4.72 Å². The fourth-order valence-electron chi connectivity index (χ4n) is 5.48. The van der Waals surface area contributed by atoms with Crippen molar-refractivity contribution in [1.29, 1.82) is 0 Å². The van der Waals surface area contributed by atoms with Crippen molar-refractivity contribution in [3.05, 3.63) is 29.3 Å². The van der Waals surface area contributed by atoms with Gasteiger partial charge < -0.3 is 15.2 Å². The number of hydrogen-bond acceptors (Lipinski definition) is 7. The number of aliphatic imine (C=N–C) groups is 1. The van der Waals surface area contributed by atoms with E-state index in [1.54, 1.807) is 12.1 Å². The lowest BCUT2D eigenvalue weighted by molar-refractivity contribution is -0.125. The molecule has 1 saturated heterocycles. The van der Waals surface area contributed by atoms with E-state index in [4.69, 9.17) is 4.99 Å². The van der Waals surface area contributed by atoms with Crippen molar-refractivity contribution in [3.63, 3.8) is 0 Å². The van der Waals surface area contributed by atoms with Crippen molar-refractivity contribution in [1.82, 2.24) is 19.7 Å². The van der Waals surface area contributed by atoms with Crippen LogP contribution < -0.4 is 15.4 Å². The molecule has 12 heteroatoms. The van der Waals surface area contributed by atoms with Gasteiger partial charge in [-0.3, -0.25) is 14.6 Å². The first-order chi connectivity index (χ1) is 18.1. The molecular formula is C26H39N5O5S2. The zero-order chi connectivity index (χ0) is 27.3. The van der Waals surface area contributed by atoms with Crippen molar-refractivity contribution in [2.45, 2.75) is 75.6 Å². The van der Waals surface area contributed by atoms with Crippen LogP contribution in [-0.2, 0) is 37.4 Å². The lowest BCUT2D eigenvalue weighted by Gasteiger charge is -2.34. The number of rotatable bonds is 10. The van der Waals surface area contributed by atoms with Crippen LogP contribution in [0.3, 0.4) is 0 Å². The number of benzene rings is 1. The van der Waals surface area contributed by atoms with Crippen LogP contribution in [0.2, 0.25) is 0 Å². The molecule has 2 amide bonds. The van der Waals surface area contributed by atoms with Crippen LogP contribution in [0.15, 0.2) is 28.1 Å². The van der Waals surface area contributed by atoms with Crippen LogP contribution in [0.4, 0.5) is 0 Å². The minimum atomic E-state index is -3.50. The number of sulfonamides is 1. The quantitative estimate of drug-likeness (QED) is 0.290. The molecule has 4 rings (SSSR count). The van der Waals surface area contributed by atoms with Gasteiger partial charge in [0.05, 0.1) is 23.7 Å². The lowest BCUT2D eigenvalue weighted by Crippen LogP contribution is -2.51. The maximum atomic E-state index is 13.1. The largest absolute Gasteiger partial charge is 0.593 e. The first kappa shape index (κ1) is 29.0. The van der Waals surface area contributed by atoms with Gasteiger partial charge in [0.2, 0.25) is 15.9 Å². The average Bonchev–Trinajstić information content (AvgIpc) is 3.21. The highest BCUT2D eigenvalue weighted by atomic mass is 32.2. The SMILES string of the molecule is CC(=O)NCCN[S@@+]([O-])c1ccc(CCS(=O)(=O)N2CCC3(CC2)N=C(C2CCCCC2)NC3=O)c(C)c1. The molecule has 1 aromatic rings. The summed E-state index contributed by atoms with van der Waals surface area (Å²) in [5, 5.41) is 5.66. The molecule has 210 valence electrons.